The fourth-order valence-corrected chi connectivity index (χ4v) is 2.33. The molecule has 0 aliphatic rings. The summed E-state index contributed by atoms with van der Waals surface area (Å²) in [6.45, 7) is 6.04. The summed E-state index contributed by atoms with van der Waals surface area (Å²) in [7, 11) is 0. The second-order valence-corrected chi connectivity index (χ2v) is 4.76. The van der Waals surface area contributed by atoms with E-state index in [-0.39, 0.29) is 6.54 Å². The molecule has 20 heavy (non-hydrogen) atoms. The van der Waals surface area contributed by atoms with Crippen molar-refractivity contribution in [3.63, 3.8) is 0 Å². The van der Waals surface area contributed by atoms with E-state index in [4.69, 9.17) is 5.73 Å². The highest BCUT2D eigenvalue weighted by molar-refractivity contribution is 5.96. The van der Waals surface area contributed by atoms with Crippen molar-refractivity contribution >= 4 is 28.1 Å². The van der Waals surface area contributed by atoms with Gasteiger partial charge in [0.25, 0.3) is 0 Å². The van der Waals surface area contributed by atoms with Crippen LogP contribution >= 0.6 is 0 Å². The molecule has 0 saturated heterocycles. The molecule has 0 spiro atoms. The van der Waals surface area contributed by atoms with Crippen molar-refractivity contribution < 1.29 is 0 Å². The molecule has 2 N–H and O–H groups in total. The maximum Gasteiger partial charge on any atom is 0.150 e. The zero-order valence-electron chi connectivity index (χ0n) is 12.0. The van der Waals surface area contributed by atoms with E-state index in [0.717, 1.165) is 22.0 Å². The van der Waals surface area contributed by atoms with Crippen LogP contribution in [0.2, 0.25) is 0 Å². The first kappa shape index (κ1) is 14.1. The van der Waals surface area contributed by atoms with Gasteiger partial charge < -0.3 is 5.73 Å². The first-order valence-electron chi connectivity index (χ1n) is 6.59. The average Bonchev–Trinajstić information content (AvgIpc) is 2.41. The van der Waals surface area contributed by atoms with Gasteiger partial charge in [0.2, 0.25) is 0 Å². The van der Waals surface area contributed by atoms with Crippen molar-refractivity contribution in [2.75, 3.05) is 12.3 Å². The van der Waals surface area contributed by atoms with Gasteiger partial charge in [0, 0.05) is 11.1 Å². The van der Waals surface area contributed by atoms with Gasteiger partial charge in [-0.2, -0.15) is 4.91 Å². The lowest BCUT2D eigenvalue weighted by Gasteiger charge is -2.11. The largest absolute Gasteiger partial charge is 0.382 e. The number of nitrogen functional groups attached to an aromatic ring is 1. The minimum Gasteiger partial charge on any atom is -0.382 e. The third kappa shape index (κ3) is 2.52. The molecular formula is C15H18N4O. The molecule has 0 atom stereocenters. The number of aliphatic imine (C=N–C) groups is 1. The van der Waals surface area contributed by atoms with Gasteiger partial charge in [-0.1, -0.05) is 24.2 Å². The van der Waals surface area contributed by atoms with Crippen LogP contribution in [0.25, 0.3) is 10.9 Å². The zero-order chi connectivity index (χ0) is 14.7. The van der Waals surface area contributed by atoms with Crippen LogP contribution in [-0.4, -0.2) is 17.2 Å². The summed E-state index contributed by atoms with van der Waals surface area (Å²) in [5, 5.41) is 3.97. The molecule has 5 nitrogen and oxygen atoms in total. The molecule has 0 radical (unpaired) electrons. The van der Waals surface area contributed by atoms with Crippen LogP contribution in [0.15, 0.2) is 28.4 Å². The average molecular weight is 270 g/mol. The Morgan fingerprint density at radius 1 is 1.35 bits per heavy atom. The predicted molar refractivity (Wildman–Crippen MR) is 83.7 cm³/mol. The Kier molecular flexibility index (Phi) is 4.08. The number of fused-ring (bicyclic) bond motifs is 1. The van der Waals surface area contributed by atoms with E-state index in [1.807, 2.05) is 39.0 Å². The number of nitrogens with zero attached hydrogens (tertiary/aromatic N) is 3. The van der Waals surface area contributed by atoms with Crippen molar-refractivity contribution in [2.24, 2.45) is 10.2 Å². The van der Waals surface area contributed by atoms with Gasteiger partial charge in [0.15, 0.2) is 0 Å². The lowest BCUT2D eigenvalue weighted by molar-refractivity contribution is 1.15. The van der Waals surface area contributed by atoms with E-state index >= 15 is 0 Å². The smallest absolute Gasteiger partial charge is 0.150 e. The summed E-state index contributed by atoms with van der Waals surface area (Å²) in [6, 6.07) is 5.93. The summed E-state index contributed by atoms with van der Waals surface area (Å²) in [4.78, 5) is 19.3. The maximum atomic E-state index is 10.4. The molecule has 0 bridgehead atoms. The molecule has 5 heteroatoms. The third-order valence-corrected chi connectivity index (χ3v) is 3.39. The van der Waals surface area contributed by atoms with Crippen LogP contribution in [0, 0.1) is 18.8 Å². The summed E-state index contributed by atoms with van der Waals surface area (Å²) in [5.74, 6) is 0.387. The number of aryl methyl sites for hydroxylation is 2. The molecule has 0 aliphatic heterocycles. The van der Waals surface area contributed by atoms with Crippen molar-refractivity contribution in [2.45, 2.75) is 27.2 Å². The topological polar surface area (TPSA) is 80.7 Å². The molecule has 0 unspecified atom stereocenters. The fourth-order valence-electron chi connectivity index (χ4n) is 2.33. The SMILES string of the molecule is CC/C(CN=O)=N\c1c(N)nc2cccc(C)c2c1C. The molecule has 2 rings (SSSR count). The van der Waals surface area contributed by atoms with Gasteiger partial charge in [0.05, 0.1) is 5.52 Å². The van der Waals surface area contributed by atoms with Crippen molar-refractivity contribution in [3.05, 3.63) is 34.2 Å². The summed E-state index contributed by atoms with van der Waals surface area (Å²) < 4.78 is 0. The second-order valence-electron chi connectivity index (χ2n) is 4.76. The summed E-state index contributed by atoms with van der Waals surface area (Å²) in [6.07, 6.45) is 0.663. The molecule has 0 fully saturated rings. The highest BCUT2D eigenvalue weighted by Crippen LogP contribution is 2.33. The molecule has 0 aliphatic carbocycles. The lowest BCUT2D eigenvalue weighted by atomic mass is 10.0. The number of hydrogen-bond acceptors (Lipinski definition) is 5. The Hall–Kier alpha value is -2.30. The minimum absolute atomic E-state index is 0.0845. The van der Waals surface area contributed by atoms with E-state index in [0.29, 0.717) is 23.6 Å². The lowest BCUT2D eigenvalue weighted by Crippen LogP contribution is -2.02. The van der Waals surface area contributed by atoms with Crippen LogP contribution in [0.5, 0.6) is 0 Å². The standard InChI is InChI=1S/C15H18N4O/c1-4-11(8-17-20)18-14-10(3)13-9(2)6-5-7-12(13)19-15(14)16/h5-7H,4,8H2,1-3H3,(H2,16,19)/b18-11+. The first-order chi connectivity index (χ1) is 9.58. The zero-order valence-corrected chi connectivity index (χ0v) is 12.0. The molecule has 104 valence electrons. The number of aromatic nitrogens is 1. The molecule has 0 amide bonds. The van der Waals surface area contributed by atoms with Gasteiger partial charge in [-0.05, 0) is 37.5 Å². The normalized spacial score (nSPS) is 11.8. The highest BCUT2D eigenvalue weighted by Gasteiger charge is 2.11. The van der Waals surface area contributed by atoms with Crippen molar-refractivity contribution in [1.82, 2.24) is 4.98 Å². The van der Waals surface area contributed by atoms with Crippen LogP contribution in [0.3, 0.4) is 0 Å². The minimum atomic E-state index is 0.0845. The molecule has 1 aromatic heterocycles. The number of rotatable bonds is 4. The fraction of sp³-hybridized carbons (Fsp3) is 0.333. The number of nitrogens with two attached hydrogens (primary N) is 1. The third-order valence-electron chi connectivity index (χ3n) is 3.39. The van der Waals surface area contributed by atoms with Gasteiger partial charge in [-0.15, -0.1) is 0 Å². The monoisotopic (exact) mass is 270 g/mol. The van der Waals surface area contributed by atoms with Crippen molar-refractivity contribution in [3.8, 4) is 0 Å². The Bertz CT molecular complexity index is 692. The van der Waals surface area contributed by atoms with E-state index in [1.165, 1.54) is 0 Å². The first-order valence-corrected chi connectivity index (χ1v) is 6.59. The molecule has 0 saturated carbocycles. The van der Waals surface area contributed by atoms with E-state index in [9.17, 15) is 4.91 Å². The van der Waals surface area contributed by atoms with Crippen LogP contribution in [0.4, 0.5) is 11.5 Å². The Morgan fingerprint density at radius 3 is 2.75 bits per heavy atom. The highest BCUT2D eigenvalue weighted by atomic mass is 16.3. The number of anilines is 1. The van der Waals surface area contributed by atoms with Crippen LogP contribution < -0.4 is 5.73 Å². The van der Waals surface area contributed by atoms with Gasteiger partial charge >= 0.3 is 0 Å². The molecule has 2 aromatic rings. The van der Waals surface area contributed by atoms with Crippen LogP contribution in [-0.2, 0) is 0 Å². The molecule has 1 heterocycles. The quantitative estimate of drug-likeness (QED) is 0.679. The number of hydrogen-bond donors (Lipinski definition) is 1. The van der Waals surface area contributed by atoms with Gasteiger partial charge in [-0.3, -0.25) is 4.99 Å². The number of nitroso groups, excluding NO2 is 1. The van der Waals surface area contributed by atoms with E-state index < -0.39 is 0 Å². The van der Waals surface area contributed by atoms with Gasteiger partial charge in [-0.25, -0.2) is 4.98 Å². The maximum absolute atomic E-state index is 10.4. The van der Waals surface area contributed by atoms with E-state index in [1.54, 1.807) is 0 Å². The molecule has 1 aromatic carbocycles. The van der Waals surface area contributed by atoms with Gasteiger partial charge in [0.1, 0.15) is 18.1 Å². The summed E-state index contributed by atoms with van der Waals surface area (Å²) in [5.41, 5.74) is 10.4. The second kappa shape index (κ2) is 5.77. The summed E-state index contributed by atoms with van der Waals surface area (Å²) >= 11 is 0. The number of benzene rings is 1. The molecular weight excluding hydrogens is 252 g/mol. The van der Waals surface area contributed by atoms with Crippen molar-refractivity contribution in [1.29, 1.82) is 0 Å². The van der Waals surface area contributed by atoms with Crippen LogP contribution in [0.1, 0.15) is 24.5 Å². The Morgan fingerprint density at radius 2 is 2.10 bits per heavy atom. The number of pyridine rings is 1. The Balaban J connectivity index is 2.70. The Labute approximate surface area is 117 Å². The predicted octanol–water partition coefficient (Wildman–Crippen LogP) is 3.68. The van der Waals surface area contributed by atoms with E-state index in [2.05, 4.69) is 15.2 Å².